The zero-order valence-corrected chi connectivity index (χ0v) is 13.7. The van der Waals surface area contributed by atoms with Crippen LogP contribution in [0, 0.1) is 11.8 Å². The van der Waals surface area contributed by atoms with Gasteiger partial charge in [0.25, 0.3) is 0 Å². The van der Waals surface area contributed by atoms with Gasteiger partial charge in [0.05, 0.1) is 13.2 Å². The Bertz CT molecular complexity index is 667. The Kier molecular flexibility index (Phi) is 4.55. The highest BCUT2D eigenvalue weighted by Gasteiger charge is 2.53. The standard InChI is InChI=1S/C18H20O6/c1-3-22-18(21)13-8-11(9-23-10(2)19)15-12-6-4-5-7-14(12)24-17(15)16(13)20/h4-7,11,13,15,17H,3,8-9H2,1-2H3. The maximum absolute atomic E-state index is 12.7. The molecule has 0 spiro atoms. The molecule has 1 fully saturated rings. The van der Waals surface area contributed by atoms with Gasteiger partial charge in [-0.2, -0.15) is 0 Å². The Hall–Kier alpha value is -2.37. The fourth-order valence-electron chi connectivity index (χ4n) is 3.59. The molecule has 128 valence electrons. The summed E-state index contributed by atoms with van der Waals surface area (Å²) in [5, 5.41) is 0. The molecule has 1 heterocycles. The van der Waals surface area contributed by atoms with Crippen molar-refractivity contribution in [2.75, 3.05) is 13.2 Å². The van der Waals surface area contributed by atoms with Gasteiger partial charge in [-0.25, -0.2) is 0 Å². The van der Waals surface area contributed by atoms with Crippen molar-refractivity contribution in [2.24, 2.45) is 11.8 Å². The molecule has 4 unspecified atom stereocenters. The lowest BCUT2D eigenvalue weighted by molar-refractivity contribution is -0.158. The number of carbonyl (C=O) groups excluding carboxylic acids is 3. The van der Waals surface area contributed by atoms with Crippen LogP contribution in [0.1, 0.15) is 31.7 Å². The Balaban J connectivity index is 1.90. The number of hydrogen-bond donors (Lipinski definition) is 0. The van der Waals surface area contributed by atoms with Crippen molar-refractivity contribution >= 4 is 17.7 Å². The molecule has 4 atom stereocenters. The molecule has 1 aromatic rings. The van der Waals surface area contributed by atoms with Gasteiger partial charge in [-0.1, -0.05) is 18.2 Å². The number of ketones is 1. The highest BCUT2D eigenvalue weighted by molar-refractivity contribution is 6.03. The smallest absolute Gasteiger partial charge is 0.316 e. The largest absolute Gasteiger partial charge is 0.482 e. The minimum Gasteiger partial charge on any atom is -0.482 e. The number of hydrogen-bond acceptors (Lipinski definition) is 6. The van der Waals surface area contributed by atoms with Crippen molar-refractivity contribution in [3.05, 3.63) is 29.8 Å². The average Bonchev–Trinajstić information content (AvgIpc) is 2.94. The number of benzene rings is 1. The molecule has 6 heteroatoms. The van der Waals surface area contributed by atoms with E-state index in [9.17, 15) is 14.4 Å². The van der Waals surface area contributed by atoms with Crippen LogP contribution in [0.15, 0.2) is 24.3 Å². The highest BCUT2D eigenvalue weighted by Crippen LogP contribution is 2.48. The summed E-state index contributed by atoms with van der Waals surface area (Å²) in [5.41, 5.74) is 0.926. The number of rotatable bonds is 4. The monoisotopic (exact) mass is 332 g/mol. The molecule has 2 aliphatic rings. The van der Waals surface area contributed by atoms with Crippen LogP contribution in [0.3, 0.4) is 0 Å². The molecule has 0 radical (unpaired) electrons. The minimum atomic E-state index is -0.874. The summed E-state index contributed by atoms with van der Waals surface area (Å²) in [6.45, 7) is 3.41. The second-order valence-corrected chi connectivity index (χ2v) is 6.11. The topological polar surface area (TPSA) is 78.9 Å². The Morgan fingerprint density at radius 3 is 2.71 bits per heavy atom. The lowest BCUT2D eigenvalue weighted by Crippen LogP contribution is -2.47. The molecule has 1 aromatic carbocycles. The third kappa shape index (κ3) is 2.88. The first kappa shape index (κ1) is 16.5. The Labute approximate surface area is 140 Å². The molecular weight excluding hydrogens is 312 g/mol. The number of Topliss-reactive ketones (excluding diaryl/α,β-unsaturated/α-hetero) is 1. The van der Waals surface area contributed by atoms with Gasteiger partial charge in [0.2, 0.25) is 0 Å². The summed E-state index contributed by atoms with van der Waals surface area (Å²) in [7, 11) is 0. The van der Waals surface area contributed by atoms with E-state index >= 15 is 0 Å². The minimum absolute atomic E-state index is 0.150. The van der Waals surface area contributed by atoms with E-state index in [1.165, 1.54) is 6.92 Å². The number of para-hydroxylation sites is 1. The zero-order valence-electron chi connectivity index (χ0n) is 13.7. The lowest BCUT2D eigenvalue weighted by Gasteiger charge is -2.35. The Morgan fingerprint density at radius 1 is 1.25 bits per heavy atom. The van der Waals surface area contributed by atoms with Crippen molar-refractivity contribution in [3.8, 4) is 5.75 Å². The van der Waals surface area contributed by atoms with Crippen LogP contribution in [-0.2, 0) is 23.9 Å². The first-order valence-electron chi connectivity index (χ1n) is 8.12. The van der Waals surface area contributed by atoms with Crippen LogP contribution < -0.4 is 4.74 Å². The molecule has 1 aliphatic carbocycles. The SMILES string of the molecule is CCOC(=O)C1CC(COC(C)=O)C2c3ccccc3OC2C1=O. The van der Waals surface area contributed by atoms with Crippen molar-refractivity contribution in [2.45, 2.75) is 32.3 Å². The second-order valence-electron chi connectivity index (χ2n) is 6.11. The molecule has 3 rings (SSSR count). The van der Waals surface area contributed by atoms with E-state index in [4.69, 9.17) is 14.2 Å². The molecular formula is C18H20O6. The second kappa shape index (κ2) is 6.63. The summed E-state index contributed by atoms with van der Waals surface area (Å²) in [6, 6.07) is 7.45. The van der Waals surface area contributed by atoms with Crippen LogP contribution in [-0.4, -0.2) is 37.0 Å². The van der Waals surface area contributed by atoms with Crippen molar-refractivity contribution in [1.29, 1.82) is 0 Å². The predicted molar refractivity (Wildman–Crippen MR) is 83.5 cm³/mol. The predicted octanol–water partition coefficient (Wildman–Crippen LogP) is 1.86. The molecule has 0 aromatic heterocycles. The van der Waals surface area contributed by atoms with E-state index in [1.807, 2.05) is 24.3 Å². The summed E-state index contributed by atoms with van der Waals surface area (Å²) >= 11 is 0. The van der Waals surface area contributed by atoms with Crippen LogP contribution >= 0.6 is 0 Å². The normalized spacial score (nSPS) is 27.7. The van der Waals surface area contributed by atoms with Crippen LogP contribution in [0.4, 0.5) is 0 Å². The van der Waals surface area contributed by atoms with E-state index in [0.717, 1.165) is 5.56 Å². The first-order valence-corrected chi connectivity index (χ1v) is 8.12. The molecule has 0 amide bonds. The van der Waals surface area contributed by atoms with E-state index in [-0.39, 0.29) is 36.8 Å². The van der Waals surface area contributed by atoms with Gasteiger partial charge in [0.1, 0.15) is 11.7 Å². The van der Waals surface area contributed by atoms with Gasteiger partial charge in [-0.3, -0.25) is 14.4 Å². The maximum Gasteiger partial charge on any atom is 0.316 e. The van der Waals surface area contributed by atoms with Crippen molar-refractivity contribution < 1.29 is 28.6 Å². The quantitative estimate of drug-likeness (QED) is 0.618. The van der Waals surface area contributed by atoms with Crippen molar-refractivity contribution in [3.63, 3.8) is 0 Å². The number of fused-ring (bicyclic) bond motifs is 3. The van der Waals surface area contributed by atoms with Gasteiger partial charge in [0, 0.05) is 24.3 Å². The van der Waals surface area contributed by atoms with E-state index in [2.05, 4.69) is 0 Å². The van der Waals surface area contributed by atoms with Gasteiger partial charge < -0.3 is 14.2 Å². The summed E-state index contributed by atoms with van der Waals surface area (Å²) in [5.74, 6) is -1.78. The van der Waals surface area contributed by atoms with E-state index in [0.29, 0.717) is 12.2 Å². The maximum atomic E-state index is 12.7. The van der Waals surface area contributed by atoms with Gasteiger partial charge >= 0.3 is 11.9 Å². The number of carbonyl (C=O) groups is 3. The number of ether oxygens (including phenoxy) is 3. The number of esters is 2. The summed E-state index contributed by atoms with van der Waals surface area (Å²) < 4.78 is 16.0. The lowest BCUT2D eigenvalue weighted by atomic mass is 9.70. The molecule has 0 saturated heterocycles. The highest BCUT2D eigenvalue weighted by atomic mass is 16.5. The molecule has 24 heavy (non-hydrogen) atoms. The third-order valence-corrected chi connectivity index (χ3v) is 4.60. The van der Waals surface area contributed by atoms with Crippen LogP contribution in [0.2, 0.25) is 0 Å². The van der Waals surface area contributed by atoms with Crippen molar-refractivity contribution in [1.82, 2.24) is 0 Å². The zero-order chi connectivity index (χ0) is 17.3. The molecule has 0 bridgehead atoms. The van der Waals surface area contributed by atoms with E-state index < -0.39 is 18.0 Å². The Morgan fingerprint density at radius 2 is 2.00 bits per heavy atom. The third-order valence-electron chi connectivity index (χ3n) is 4.60. The van der Waals surface area contributed by atoms with E-state index in [1.54, 1.807) is 6.92 Å². The average molecular weight is 332 g/mol. The van der Waals surface area contributed by atoms with Gasteiger partial charge in [-0.05, 0) is 19.4 Å². The summed E-state index contributed by atoms with van der Waals surface area (Å²) in [4.78, 5) is 36.1. The first-order chi connectivity index (χ1) is 11.5. The summed E-state index contributed by atoms with van der Waals surface area (Å²) in [6.07, 6.45) is -0.435. The molecule has 1 aliphatic heterocycles. The fourth-order valence-corrected chi connectivity index (χ4v) is 3.59. The molecule has 1 saturated carbocycles. The van der Waals surface area contributed by atoms with Crippen LogP contribution in [0.5, 0.6) is 5.75 Å². The van der Waals surface area contributed by atoms with Gasteiger partial charge in [-0.15, -0.1) is 0 Å². The van der Waals surface area contributed by atoms with Crippen LogP contribution in [0.25, 0.3) is 0 Å². The fraction of sp³-hybridized carbons (Fsp3) is 0.500. The van der Waals surface area contributed by atoms with Gasteiger partial charge in [0.15, 0.2) is 11.9 Å². The molecule has 0 N–H and O–H groups in total. The molecule has 6 nitrogen and oxygen atoms in total.